The van der Waals surface area contributed by atoms with Gasteiger partial charge in [0.1, 0.15) is 11.6 Å². The van der Waals surface area contributed by atoms with Gasteiger partial charge in [-0.2, -0.15) is 0 Å². The molecule has 5 heteroatoms. The van der Waals surface area contributed by atoms with Gasteiger partial charge in [0.2, 0.25) is 5.91 Å². The molecule has 0 radical (unpaired) electrons. The van der Waals surface area contributed by atoms with E-state index >= 15 is 0 Å². The lowest BCUT2D eigenvalue weighted by Gasteiger charge is -2.44. The van der Waals surface area contributed by atoms with Gasteiger partial charge in [0.05, 0.1) is 0 Å². The molecule has 4 nitrogen and oxygen atoms in total. The maximum absolute atomic E-state index is 13.0. The number of nitrogens with zero attached hydrogens (tertiary/aromatic N) is 1. The molecule has 1 heterocycles. The Kier molecular flexibility index (Phi) is 4.42. The van der Waals surface area contributed by atoms with Gasteiger partial charge in [0.15, 0.2) is 0 Å². The Morgan fingerprint density at radius 1 is 1.24 bits per heavy atom. The highest BCUT2D eigenvalue weighted by Crippen LogP contribution is 2.31. The van der Waals surface area contributed by atoms with Gasteiger partial charge < -0.3 is 5.32 Å². The standard InChI is InChI=1S/C16H21BrN2O2/c1-5-16(6-2)15(21)19(11(4)14(20)18-16)13-8-10(3)7-12(17)9-13/h7-9,11H,5-6H2,1-4H3,(H,18,20). The Balaban J connectivity index is 2.53. The van der Waals surface area contributed by atoms with Crippen LogP contribution in [0.25, 0.3) is 0 Å². The third-order valence-electron chi connectivity index (χ3n) is 4.27. The van der Waals surface area contributed by atoms with E-state index in [0.29, 0.717) is 12.8 Å². The van der Waals surface area contributed by atoms with Crippen LogP contribution in [0.3, 0.4) is 0 Å². The van der Waals surface area contributed by atoms with Crippen molar-refractivity contribution in [2.75, 3.05) is 4.90 Å². The van der Waals surface area contributed by atoms with Crippen molar-refractivity contribution >= 4 is 33.4 Å². The average Bonchev–Trinajstić information content (AvgIpc) is 2.42. The third kappa shape index (κ3) is 2.71. The maximum Gasteiger partial charge on any atom is 0.253 e. The van der Waals surface area contributed by atoms with E-state index in [0.717, 1.165) is 15.7 Å². The van der Waals surface area contributed by atoms with Gasteiger partial charge in [-0.25, -0.2) is 0 Å². The number of hydrogen-bond donors (Lipinski definition) is 1. The monoisotopic (exact) mass is 352 g/mol. The van der Waals surface area contributed by atoms with Crippen molar-refractivity contribution in [3.05, 3.63) is 28.2 Å². The molecule has 1 aliphatic rings. The van der Waals surface area contributed by atoms with E-state index in [1.807, 2.05) is 39.0 Å². The number of amides is 2. The van der Waals surface area contributed by atoms with Crippen molar-refractivity contribution in [1.82, 2.24) is 5.32 Å². The first-order chi connectivity index (χ1) is 9.84. The lowest BCUT2D eigenvalue weighted by Crippen LogP contribution is -2.69. The summed E-state index contributed by atoms with van der Waals surface area (Å²) in [6, 6.07) is 5.30. The van der Waals surface area contributed by atoms with Crippen molar-refractivity contribution in [3.8, 4) is 0 Å². The second kappa shape index (κ2) is 5.79. The van der Waals surface area contributed by atoms with Crippen LogP contribution in [0.1, 0.15) is 39.2 Å². The number of nitrogens with one attached hydrogen (secondary N) is 1. The zero-order valence-corrected chi connectivity index (χ0v) is 14.5. The van der Waals surface area contributed by atoms with E-state index in [9.17, 15) is 9.59 Å². The van der Waals surface area contributed by atoms with Crippen LogP contribution < -0.4 is 10.2 Å². The number of benzene rings is 1. The van der Waals surface area contributed by atoms with Crippen LogP contribution in [0, 0.1) is 6.92 Å². The van der Waals surface area contributed by atoms with Crippen molar-refractivity contribution in [2.24, 2.45) is 0 Å². The maximum atomic E-state index is 13.0. The summed E-state index contributed by atoms with van der Waals surface area (Å²) in [5, 5.41) is 2.92. The third-order valence-corrected chi connectivity index (χ3v) is 4.73. The smallest absolute Gasteiger partial charge is 0.253 e. The first-order valence-corrected chi connectivity index (χ1v) is 8.07. The van der Waals surface area contributed by atoms with Gasteiger partial charge in [-0.1, -0.05) is 29.8 Å². The Bertz CT molecular complexity index is 561. The molecule has 1 saturated heterocycles. The fourth-order valence-corrected chi connectivity index (χ4v) is 3.44. The molecule has 1 aromatic rings. The molecule has 0 aliphatic carbocycles. The number of halogens is 1. The van der Waals surface area contributed by atoms with E-state index in [4.69, 9.17) is 0 Å². The molecule has 1 aromatic carbocycles. The molecule has 1 N–H and O–H groups in total. The van der Waals surface area contributed by atoms with E-state index in [1.54, 1.807) is 11.8 Å². The van der Waals surface area contributed by atoms with Crippen molar-refractivity contribution < 1.29 is 9.59 Å². The van der Waals surface area contributed by atoms with E-state index < -0.39 is 11.6 Å². The second-order valence-corrected chi connectivity index (χ2v) is 6.53. The Morgan fingerprint density at radius 2 is 1.86 bits per heavy atom. The minimum atomic E-state index is -0.792. The molecule has 0 bridgehead atoms. The second-order valence-electron chi connectivity index (χ2n) is 5.62. The predicted molar refractivity (Wildman–Crippen MR) is 87.3 cm³/mol. The molecule has 21 heavy (non-hydrogen) atoms. The van der Waals surface area contributed by atoms with E-state index in [2.05, 4.69) is 21.2 Å². The quantitative estimate of drug-likeness (QED) is 0.908. The molecule has 1 fully saturated rings. The summed E-state index contributed by atoms with van der Waals surface area (Å²) in [4.78, 5) is 26.9. The molecular weight excluding hydrogens is 332 g/mol. The summed E-state index contributed by atoms with van der Waals surface area (Å²) in [6.45, 7) is 7.60. The van der Waals surface area contributed by atoms with Crippen LogP contribution in [0.2, 0.25) is 0 Å². The zero-order valence-electron chi connectivity index (χ0n) is 12.9. The van der Waals surface area contributed by atoms with Crippen LogP contribution in [-0.2, 0) is 9.59 Å². The van der Waals surface area contributed by atoms with Gasteiger partial charge in [-0.15, -0.1) is 0 Å². The Morgan fingerprint density at radius 3 is 2.38 bits per heavy atom. The molecular formula is C16H21BrN2O2. The SMILES string of the molecule is CCC1(CC)NC(=O)C(C)N(c2cc(C)cc(Br)c2)C1=O. The van der Waals surface area contributed by atoms with Crippen LogP contribution >= 0.6 is 15.9 Å². The van der Waals surface area contributed by atoms with Gasteiger partial charge in [-0.3, -0.25) is 14.5 Å². The number of hydrogen-bond acceptors (Lipinski definition) is 2. The Hall–Kier alpha value is -1.36. The minimum Gasteiger partial charge on any atom is -0.340 e. The lowest BCUT2D eigenvalue weighted by atomic mass is 9.87. The summed E-state index contributed by atoms with van der Waals surface area (Å²) < 4.78 is 0.905. The van der Waals surface area contributed by atoms with Crippen molar-refractivity contribution in [3.63, 3.8) is 0 Å². The lowest BCUT2D eigenvalue weighted by molar-refractivity contribution is -0.138. The highest BCUT2D eigenvalue weighted by atomic mass is 79.9. The molecule has 1 atom stereocenters. The van der Waals surface area contributed by atoms with Gasteiger partial charge in [0, 0.05) is 10.2 Å². The van der Waals surface area contributed by atoms with Crippen LogP contribution in [0.15, 0.2) is 22.7 Å². The summed E-state index contributed by atoms with van der Waals surface area (Å²) in [5.41, 5.74) is 1.02. The van der Waals surface area contributed by atoms with Crippen LogP contribution in [-0.4, -0.2) is 23.4 Å². The average molecular weight is 353 g/mol. The van der Waals surface area contributed by atoms with E-state index in [1.165, 1.54) is 0 Å². The number of piperazine rings is 1. The summed E-state index contributed by atoms with van der Waals surface area (Å²) in [6.07, 6.45) is 1.18. The van der Waals surface area contributed by atoms with E-state index in [-0.39, 0.29) is 11.8 Å². The minimum absolute atomic E-state index is 0.0305. The number of rotatable bonds is 3. The first kappa shape index (κ1) is 16.0. The largest absolute Gasteiger partial charge is 0.340 e. The molecule has 1 unspecified atom stereocenters. The van der Waals surface area contributed by atoms with Crippen molar-refractivity contribution in [2.45, 2.75) is 52.1 Å². The molecule has 0 saturated carbocycles. The summed E-state index contributed by atoms with van der Waals surface area (Å²) >= 11 is 3.46. The van der Waals surface area contributed by atoms with Gasteiger partial charge >= 0.3 is 0 Å². The number of anilines is 1. The summed E-state index contributed by atoms with van der Waals surface area (Å²) in [7, 11) is 0. The normalized spacial score (nSPS) is 21.4. The first-order valence-electron chi connectivity index (χ1n) is 7.27. The highest BCUT2D eigenvalue weighted by molar-refractivity contribution is 9.10. The highest BCUT2D eigenvalue weighted by Gasteiger charge is 2.47. The number of aryl methyl sites for hydroxylation is 1. The Labute approximate surface area is 134 Å². The molecule has 0 aromatic heterocycles. The fourth-order valence-electron chi connectivity index (χ4n) is 2.84. The molecule has 114 valence electrons. The molecule has 0 spiro atoms. The molecule has 1 aliphatic heterocycles. The molecule has 2 amide bonds. The van der Waals surface area contributed by atoms with Crippen LogP contribution in [0.5, 0.6) is 0 Å². The van der Waals surface area contributed by atoms with Crippen molar-refractivity contribution in [1.29, 1.82) is 0 Å². The zero-order chi connectivity index (χ0) is 15.8. The van der Waals surface area contributed by atoms with Gasteiger partial charge in [-0.05, 0) is 50.5 Å². The number of carbonyl (C=O) groups is 2. The van der Waals surface area contributed by atoms with Crippen LogP contribution in [0.4, 0.5) is 5.69 Å². The fraction of sp³-hybridized carbons (Fsp3) is 0.500. The topological polar surface area (TPSA) is 49.4 Å². The molecule has 2 rings (SSSR count). The predicted octanol–water partition coefficient (Wildman–Crippen LogP) is 3.17. The van der Waals surface area contributed by atoms with Gasteiger partial charge in [0.25, 0.3) is 5.91 Å². The summed E-state index contributed by atoms with van der Waals surface area (Å²) in [5.74, 6) is -0.131. The number of carbonyl (C=O) groups excluding carboxylic acids is 2.